The van der Waals surface area contributed by atoms with Crippen LogP contribution in [0.3, 0.4) is 0 Å². The Bertz CT molecular complexity index is 795. The fourth-order valence-corrected chi connectivity index (χ4v) is 3.11. The molecule has 0 fully saturated rings. The van der Waals surface area contributed by atoms with Crippen molar-refractivity contribution in [3.8, 4) is 0 Å². The number of halogens is 3. The maximum atomic E-state index is 13.6. The van der Waals surface area contributed by atoms with E-state index < -0.39 is 5.92 Å². The second kappa shape index (κ2) is 7.49. The number of anilines is 1. The Hall–Kier alpha value is -1.66. The molecule has 0 bridgehead atoms. The largest absolute Gasteiger partial charge is 0.350 e. The van der Waals surface area contributed by atoms with Gasteiger partial charge in [-0.1, -0.05) is 42.9 Å². The van der Waals surface area contributed by atoms with Crippen LogP contribution in [0.4, 0.5) is 14.5 Å². The Kier molecular flexibility index (Phi) is 5.83. The Morgan fingerprint density at radius 3 is 2.75 bits per heavy atom. The van der Waals surface area contributed by atoms with Gasteiger partial charge >= 0.3 is 0 Å². The molecule has 0 aliphatic rings. The Labute approximate surface area is 149 Å². The van der Waals surface area contributed by atoms with Crippen LogP contribution in [0.15, 0.2) is 40.8 Å². The number of nitrogens with zero attached hydrogens (tertiary/aromatic N) is 2. The molecule has 2 aromatic rings. The first-order chi connectivity index (χ1) is 11.2. The number of nitrogens with one attached hydrogen (secondary N) is 1. The molecule has 2 heterocycles. The zero-order chi connectivity index (χ0) is 17.9. The van der Waals surface area contributed by atoms with Crippen LogP contribution in [0.25, 0.3) is 11.0 Å². The highest BCUT2D eigenvalue weighted by molar-refractivity contribution is 8.06. The maximum Gasteiger partial charge on any atom is 0.276 e. The molecule has 0 saturated carbocycles. The predicted molar refractivity (Wildman–Crippen MR) is 98.6 cm³/mol. The number of alkyl halides is 2. The summed E-state index contributed by atoms with van der Waals surface area (Å²) in [7, 11) is 0. The Morgan fingerprint density at radius 1 is 1.42 bits per heavy atom. The topological polar surface area (TPSA) is 37.8 Å². The van der Waals surface area contributed by atoms with E-state index in [2.05, 4.69) is 21.9 Å². The number of aromatic nitrogens is 2. The van der Waals surface area contributed by atoms with Crippen LogP contribution in [0.5, 0.6) is 0 Å². The lowest BCUT2D eigenvalue weighted by atomic mass is 10.2. The van der Waals surface area contributed by atoms with Crippen LogP contribution in [0, 0.1) is 6.92 Å². The van der Waals surface area contributed by atoms with Crippen LogP contribution in [-0.4, -0.2) is 15.9 Å². The molecule has 2 rings (SSSR count). The predicted octanol–water partition coefficient (Wildman–Crippen LogP) is 6.16. The molecule has 3 nitrogen and oxygen atoms in total. The molecule has 0 saturated heterocycles. The van der Waals surface area contributed by atoms with Crippen molar-refractivity contribution in [3.63, 3.8) is 0 Å². The summed E-state index contributed by atoms with van der Waals surface area (Å²) in [4.78, 5) is 8.48. The summed E-state index contributed by atoms with van der Waals surface area (Å²) in [5, 5.41) is 4.57. The minimum absolute atomic E-state index is 0.0289. The fraction of sp³-hybridized carbons (Fsp3) is 0.294. The van der Waals surface area contributed by atoms with E-state index in [0.29, 0.717) is 27.9 Å². The average Bonchev–Trinajstić information content (AvgIpc) is 2.45. The van der Waals surface area contributed by atoms with Crippen molar-refractivity contribution in [2.24, 2.45) is 0 Å². The maximum absolute atomic E-state index is 13.6. The summed E-state index contributed by atoms with van der Waals surface area (Å²) in [6.07, 6.45) is 2.04. The second-order valence-corrected chi connectivity index (χ2v) is 6.86. The molecule has 2 aromatic heterocycles. The first-order valence-corrected chi connectivity index (χ1v) is 8.56. The SMILES string of the molecule is C=C(Nc1cc(C)nc2nc(Cl)ccc12)S/C(=C\CC)C(C)(F)F. The molecule has 0 aliphatic heterocycles. The lowest BCUT2D eigenvalue weighted by Crippen LogP contribution is -2.12. The van der Waals surface area contributed by atoms with Crippen molar-refractivity contribution in [1.29, 1.82) is 0 Å². The number of aryl methyl sites for hydroxylation is 1. The smallest absolute Gasteiger partial charge is 0.276 e. The van der Waals surface area contributed by atoms with E-state index in [0.717, 1.165) is 29.8 Å². The van der Waals surface area contributed by atoms with Crippen LogP contribution >= 0.6 is 23.4 Å². The fourth-order valence-electron chi connectivity index (χ4n) is 2.11. The van der Waals surface area contributed by atoms with Crippen molar-refractivity contribution in [3.05, 3.63) is 51.6 Å². The van der Waals surface area contributed by atoms with Crippen molar-refractivity contribution in [1.82, 2.24) is 9.97 Å². The number of allylic oxidation sites excluding steroid dienone is 2. The molecular weight excluding hydrogens is 352 g/mol. The van der Waals surface area contributed by atoms with E-state index in [1.54, 1.807) is 12.1 Å². The summed E-state index contributed by atoms with van der Waals surface area (Å²) < 4.78 is 27.3. The van der Waals surface area contributed by atoms with E-state index in [-0.39, 0.29) is 4.91 Å². The van der Waals surface area contributed by atoms with Crippen molar-refractivity contribution >= 4 is 40.1 Å². The first-order valence-electron chi connectivity index (χ1n) is 7.37. The quantitative estimate of drug-likeness (QED) is 0.619. The van der Waals surface area contributed by atoms with Gasteiger partial charge < -0.3 is 5.32 Å². The van der Waals surface area contributed by atoms with Gasteiger partial charge in [0.2, 0.25) is 0 Å². The molecular formula is C17H18ClF2N3S. The molecule has 24 heavy (non-hydrogen) atoms. The van der Waals surface area contributed by atoms with E-state index in [1.807, 2.05) is 19.9 Å². The van der Waals surface area contributed by atoms with E-state index in [9.17, 15) is 8.78 Å². The second-order valence-electron chi connectivity index (χ2n) is 5.33. The molecule has 0 amide bonds. The average molecular weight is 370 g/mol. The van der Waals surface area contributed by atoms with Gasteiger partial charge in [0, 0.05) is 18.0 Å². The van der Waals surface area contributed by atoms with Gasteiger partial charge in [-0.25, -0.2) is 18.7 Å². The standard InChI is InChI=1S/C17H18ClF2N3S/c1-5-6-14(17(4,19)20)24-11(3)22-13-9-10(2)21-16-12(13)7-8-15(18)23-16/h6-9H,3,5H2,1-2,4H3,(H,21,22,23)/b14-6-. The van der Waals surface area contributed by atoms with Gasteiger partial charge in [-0.3, -0.25) is 0 Å². The first kappa shape index (κ1) is 18.7. The summed E-state index contributed by atoms with van der Waals surface area (Å²) in [5.41, 5.74) is 1.94. The van der Waals surface area contributed by atoms with Gasteiger partial charge in [-0.15, -0.1) is 0 Å². The lowest BCUT2D eigenvalue weighted by molar-refractivity contribution is 0.0728. The number of fused-ring (bicyclic) bond motifs is 1. The summed E-state index contributed by atoms with van der Waals surface area (Å²) in [5.74, 6) is -2.91. The molecule has 0 spiro atoms. The van der Waals surface area contributed by atoms with Gasteiger partial charge in [0.25, 0.3) is 5.92 Å². The van der Waals surface area contributed by atoms with E-state index in [1.165, 1.54) is 6.08 Å². The minimum atomic E-state index is -2.91. The zero-order valence-electron chi connectivity index (χ0n) is 13.7. The highest BCUT2D eigenvalue weighted by atomic mass is 35.5. The minimum Gasteiger partial charge on any atom is -0.350 e. The zero-order valence-corrected chi connectivity index (χ0v) is 15.2. The van der Waals surface area contributed by atoms with Gasteiger partial charge in [-0.05, 0) is 31.5 Å². The number of hydrogen-bond donors (Lipinski definition) is 1. The Balaban J connectivity index is 2.29. The van der Waals surface area contributed by atoms with Gasteiger partial charge in [-0.2, -0.15) is 0 Å². The number of thioether (sulfide) groups is 1. The molecule has 1 N–H and O–H groups in total. The number of rotatable bonds is 6. The molecule has 128 valence electrons. The number of pyridine rings is 2. The normalized spacial score (nSPS) is 12.5. The molecule has 0 aromatic carbocycles. The third-order valence-electron chi connectivity index (χ3n) is 3.10. The Morgan fingerprint density at radius 2 is 2.12 bits per heavy atom. The summed E-state index contributed by atoms with van der Waals surface area (Å²) in [6.45, 7) is 8.37. The third-order valence-corrected chi connectivity index (χ3v) is 4.40. The highest BCUT2D eigenvalue weighted by Gasteiger charge is 2.28. The third kappa shape index (κ3) is 4.68. The van der Waals surface area contributed by atoms with Crippen LogP contribution < -0.4 is 5.32 Å². The monoisotopic (exact) mass is 369 g/mol. The van der Waals surface area contributed by atoms with Crippen LogP contribution in [0.1, 0.15) is 26.0 Å². The molecule has 0 aliphatic carbocycles. The van der Waals surface area contributed by atoms with E-state index >= 15 is 0 Å². The molecule has 7 heteroatoms. The van der Waals surface area contributed by atoms with Crippen molar-refractivity contribution in [2.75, 3.05) is 5.32 Å². The lowest BCUT2D eigenvalue weighted by Gasteiger charge is -2.17. The van der Waals surface area contributed by atoms with E-state index in [4.69, 9.17) is 11.6 Å². The van der Waals surface area contributed by atoms with Crippen molar-refractivity contribution < 1.29 is 8.78 Å². The number of hydrogen-bond acceptors (Lipinski definition) is 4. The molecule has 0 radical (unpaired) electrons. The molecule has 0 atom stereocenters. The van der Waals surface area contributed by atoms with Crippen molar-refractivity contribution in [2.45, 2.75) is 33.1 Å². The summed E-state index contributed by atoms with van der Waals surface area (Å²) in [6, 6.07) is 5.26. The van der Waals surface area contributed by atoms with Crippen LogP contribution in [0.2, 0.25) is 5.15 Å². The van der Waals surface area contributed by atoms with Gasteiger partial charge in [0.15, 0.2) is 5.65 Å². The highest BCUT2D eigenvalue weighted by Crippen LogP contribution is 2.38. The van der Waals surface area contributed by atoms with Crippen LogP contribution in [-0.2, 0) is 0 Å². The molecule has 0 unspecified atom stereocenters. The summed E-state index contributed by atoms with van der Waals surface area (Å²) >= 11 is 6.83. The van der Waals surface area contributed by atoms with Gasteiger partial charge in [0.05, 0.1) is 15.6 Å². The van der Waals surface area contributed by atoms with Gasteiger partial charge in [0.1, 0.15) is 5.15 Å².